The van der Waals surface area contributed by atoms with E-state index < -0.39 is 69.8 Å². The summed E-state index contributed by atoms with van der Waals surface area (Å²) >= 11 is 0. The molecule has 0 saturated heterocycles. The van der Waals surface area contributed by atoms with Crippen molar-refractivity contribution < 1.29 is 65.9 Å². The average molecular weight is 1100 g/mol. The highest BCUT2D eigenvalue weighted by Gasteiger charge is 2.39. The minimum atomic E-state index is -5.16. The first-order valence-corrected chi connectivity index (χ1v) is 23.7. The van der Waals surface area contributed by atoms with Gasteiger partial charge in [0.05, 0.1) is 84.5 Å². The van der Waals surface area contributed by atoms with Crippen LogP contribution in [0.25, 0.3) is 99.5 Å². The fourth-order valence-corrected chi connectivity index (χ4v) is 10.3. The van der Waals surface area contributed by atoms with Crippen molar-refractivity contribution in [3.05, 3.63) is 215 Å². The molecule has 2 heterocycles. The fourth-order valence-electron chi connectivity index (χ4n) is 10.3. The lowest BCUT2D eigenvalue weighted by molar-refractivity contribution is -0.144. The summed E-state index contributed by atoms with van der Waals surface area (Å²) in [5.74, 6) is 0. The van der Waals surface area contributed by atoms with E-state index >= 15 is 13.2 Å². The summed E-state index contributed by atoms with van der Waals surface area (Å²) in [5.41, 5.74) is -6.45. The standard InChI is InChI=1S/C61H29F15N4/c62-57(63,64)39-21-37(22-40(28-39)58(65,66)67)34-11-16-54-47(25-34)44-5-1-3-7-51(44)79(54)53-15-10-32(30-77)19-46(53)49-27-36(43-14-9-33(31-78)20-50(43)61(74,75)76)13-18-56(49)80-52-8-4-2-6-45(52)48-26-35(12-17-55(48)80)38-23-41(59(68,69)70)29-42(24-38)60(71,72)73/h1-29H. The second kappa shape index (κ2) is 18.6. The molecule has 0 radical (unpaired) electrons. The Morgan fingerprint density at radius 3 is 1.09 bits per heavy atom. The van der Waals surface area contributed by atoms with Crippen molar-refractivity contribution in [2.45, 2.75) is 30.9 Å². The monoisotopic (exact) mass is 1100 g/mol. The first kappa shape index (κ1) is 52.6. The normalized spacial score (nSPS) is 12.7. The van der Waals surface area contributed by atoms with E-state index in [1.807, 2.05) is 0 Å². The summed E-state index contributed by atoms with van der Waals surface area (Å²) in [7, 11) is 0. The van der Waals surface area contributed by atoms with Gasteiger partial charge in [0.1, 0.15) is 0 Å². The number of hydrogen-bond acceptors (Lipinski definition) is 2. The SMILES string of the molecule is N#Cc1ccc(-n2c3ccccc3c3cc(-c4cc(C(F)(F)F)cc(C(F)(F)F)c4)ccc32)c(-c2cc(-c3ccc(C#N)cc3C(F)(F)F)ccc2-n2c3ccccc3c3cc(-c4cc(C(F)(F)F)cc(C(F)(F)F)c4)ccc32)c1. The number of para-hydroxylation sites is 2. The maximum atomic E-state index is 15.0. The van der Waals surface area contributed by atoms with Crippen LogP contribution < -0.4 is 0 Å². The molecule has 4 nitrogen and oxygen atoms in total. The molecule has 398 valence electrons. The van der Waals surface area contributed by atoms with Crippen LogP contribution in [0.5, 0.6) is 0 Å². The highest BCUT2D eigenvalue weighted by Crippen LogP contribution is 2.47. The lowest BCUT2D eigenvalue weighted by atomic mass is 9.92. The van der Waals surface area contributed by atoms with E-state index in [4.69, 9.17) is 0 Å². The molecular weight excluding hydrogens is 1070 g/mol. The zero-order valence-electron chi connectivity index (χ0n) is 40.2. The van der Waals surface area contributed by atoms with Crippen molar-refractivity contribution in [3.8, 4) is 68.0 Å². The highest BCUT2D eigenvalue weighted by molar-refractivity contribution is 6.13. The largest absolute Gasteiger partial charge is 0.417 e. The second-order valence-electron chi connectivity index (χ2n) is 18.7. The summed E-state index contributed by atoms with van der Waals surface area (Å²) < 4.78 is 218. The number of rotatable bonds is 6. The Balaban J connectivity index is 1.20. The number of alkyl halides is 15. The predicted molar refractivity (Wildman–Crippen MR) is 271 cm³/mol. The maximum absolute atomic E-state index is 15.0. The molecule has 0 aliphatic carbocycles. The third-order valence-corrected chi connectivity index (χ3v) is 13.8. The van der Waals surface area contributed by atoms with Crippen molar-refractivity contribution in [2.75, 3.05) is 0 Å². The predicted octanol–water partition coefficient (Wildman–Crippen LogP) is 19.4. The third kappa shape index (κ3) is 9.27. The fraction of sp³-hybridized carbons (Fsp3) is 0.0820. The van der Waals surface area contributed by atoms with Crippen molar-refractivity contribution >= 4 is 43.6 Å². The maximum Gasteiger partial charge on any atom is 0.417 e. The van der Waals surface area contributed by atoms with E-state index in [0.717, 1.165) is 6.07 Å². The van der Waals surface area contributed by atoms with Gasteiger partial charge in [0.15, 0.2) is 0 Å². The second-order valence-corrected chi connectivity index (χ2v) is 18.7. The molecule has 0 fully saturated rings. The Kier molecular flexibility index (Phi) is 12.2. The van der Waals surface area contributed by atoms with Gasteiger partial charge in [0.25, 0.3) is 0 Å². The van der Waals surface area contributed by atoms with E-state index in [2.05, 4.69) is 6.07 Å². The number of benzene rings is 9. The smallest absolute Gasteiger partial charge is 0.309 e. The van der Waals surface area contributed by atoms with E-state index in [0.29, 0.717) is 73.9 Å². The van der Waals surface area contributed by atoms with E-state index in [9.17, 15) is 63.2 Å². The highest BCUT2D eigenvalue weighted by atomic mass is 19.4. The van der Waals surface area contributed by atoms with Gasteiger partial charge in [-0.15, -0.1) is 0 Å². The van der Waals surface area contributed by atoms with Gasteiger partial charge in [-0.25, -0.2) is 0 Å². The van der Waals surface area contributed by atoms with Gasteiger partial charge in [0, 0.05) is 32.7 Å². The van der Waals surface area contributed by atoms with E-state index in [1.165, 1.54) is 72.8 Å². The van der Waals surface area contributed by atoms with Gasteiger partial charge in [-0.05, 0) is 149 Å². The molecule has 80 heavy (non-hydrogen) atoms. The Hall–Kier alpha value is -9.49. The number of nitrogens with zero attached hydrogens (tertiary/aromatic N) is 4. The molecule has 0 aliphatic heterocycles. The zero-order chi connectivity index (χ0) is 57.0. The van der Waals surface area contributed by atoms with Crippen LogP contribution in [0.4, 0.5) is 65.9 Å². The first-order chi connectivity index (χ1) is 37.7. The molecule has 19 heteroatoms. The molecular formula is C61H29F15N4. The molecule has 0 unspecified atom stereocenters. The lowest BCUT2D eigenvalue weighted by Gasteiger charge is -2.21. The van der Waals surface area contributed by atoms with E-state index in [-0.39, 0.29) is 68.0 Å². The van der Waals surface area contributed by atoms with Crippen LogP contribution in [0.15, 0.2) is 176 Å². The van der Waals surface area contributed by atoms with Gasteiger partial charge < -0.3 is 9.13 Å². The Morgan fingerprint density at radius 1 is 0.287 bits per heavy atom. The van der Waals surface area contributed by atoms with Crippen molar-refractivity contribution in [3.63, 3.8) is 0 Å². The number of halogens is 15. The number of hydrogen-bond donors (Lipinski definition) is 0. The summed E-state index contributed by atoms with van der Waals surface area (Å²) in [4.78, 5) is 0. The van der Waals surface area contributed by atoms with Gasteiger partial charge in [0.2, 0.25) is 0 Å². The first-order valence-electron chi connectivity index (χ1n) is 23.7. The molecule has 0 atom stereocenters. The molecule has 0 N–H and O–H groups in total. The topological polar surface area (TPSA) is 57.4 Å². The van der Waals surface area contributed by atoms with Crippen molar-refractivity contribution in [1.82, 2.24) is 9.13 Å². The van der Waals surface area contributed by atoms with Crippen LogP contribution in [0.2, 0.25) is 0 Å². The molecule has 11 aromatic rings. The molecule has 0 bridgehead atoms. The summed E-state index contributed by atoms with van der Waals surface area (Å²) in [5, 5.41) is 21.7. The minimum absolute atomic E-state index is 0.0115. The van der Waals surface area contributed by atoms with Crippen LogP contribution in [0, 0.1) is 22.7 Å². The van der Waals surface area contributed by atoms with Crippen LogP contribution in [0.3, 0.4) is 0 Å². The molecule has 9 aromatic carbocycles. The minimum Gasteiger partial charge on any atom is -0.309 e. The van der Waals surface area contributed by atoms with Crippen molar-refractivity contribution in [2.24, 2.45) is 0 Å². The molecule has 0 aliphatic rings. The molecule has 11 rings (SSSR count). The molecule has 0 amide bonds. The third-order valence-electron chi connectivity index (χ3n) is 13.8. The van der Waals surface area contributed by atoms with Gasteiger partial charge in [-0.1, -0.05) is 60.7 Å². The van der Waals surface area contributed by atoms with Gasteiger partial charge in [-0.2, -0.15) is 76.4 Å². The van der Waals surface area contributed by atoms with Crippen LogP contribution in [-0.2, 0) is 30.9 Å². The quantitative estimate of drug-likeness (QED) is 0.156. The van der Waals surface area contributed by atoms with Crippen LogP contribution >= 0.6 is 0 Å². The molecule has 2 aromatic heterocycles. The zero-order valence-corrected chi connectivity index (χ0v) is 40.2. The Morgan fingerprint density at radius 2 is 0.662 bits per heavy atom. The summed E-state index contributed by atoms with van der Waals surface area (Å²) in [6.45, 7) is 0. The molecule has 0 saturated carbocycles. The van der Waals surface area contributed by atoms with Crippen LogP contribution in [-0.4, -0.2) is 9.13 Å². The average Bonchev–Trinajstić information content (AvgIpc) is 4.04. The van der Waals surface area contributed by atoms with Crippen molar-refractivity contribution in [1.29, 1.82) is 10.5 Å². The number of aromatic nitrogens is 2. The Bertz CT molecular complexity index is 4370. The Labute approximate surface area is 441 Å². The summed E-state index contributed by atoms with van der Waals surface area (Å²) in [6.07, 6.45) is -25.6. The number of fused-ring (bicyclic) bond motifs is 6. The van der Waals surface area contributed by atoms with E-state index in [1.54, 1.807) is 69.8 Å². The van der Waals surface area contributed by atoms with Crippen LogP contribution in [0.1, 0.15) is 38.9 Å². The van der Waals surface area contributed by atoms with Gasteiger partial charge >= 0.3 is 30.9 Å². The molecule has 0 spiro atoms. The number of nitriles is 2. The lowest BCUT2D eigenvalue weighted by Crippen LogP contribution is -2.11. The summed E-state index contributed by atoms with van der Waals surface area (Å²) in [6, 6.07) is 39.8. The van der Waals surface area contributed by atoms with Gasteiger partial charge in [-0.3, -0.25) is 0 Å².